The Morgan fingerprint density at radius 3 is 2.41 bits per heavy atom. The Hall–Kier alpha value is -3.08. The summed E-state index contributed by atoms with van der Waals surface area (Å²) in [6.45, 7) is 8.21. The van der Waals surface area contributed by atoms with Gasteiger partial charge in [0.15, 0.2) is 0 Å². The molecule has 140 valence electrons. The van der Waals surface area contributed by atoms with Crippen LogP contribution in [0, 0.1) is 13.8 Å². The van der Waals surface area contributed by atoms with Crippen LogP contribution in [-0.4, -0.2) is 35.0 Å². The van der Waals surface area contributed by atoms with Crippen molar-refractivity contribution in [3.05, 3.63) is 70.2 Å². The molecule has 1 amide bonds. The van der Waals surface area contributed by atoms with E-state index in [0.29, 0.717) is 23.4 Å². The van der Waals surface area contributed by atoms with E-state index < -0.39 is 5.97 Å². The van der Waals surface area contributed by atoms with Gasteiger partial charge in [-0.2, -0.15) is 0 Å². The molecule has 1 aliphatic rings. The van der Waals surface area contributed by atoms with Crippen molar-refractivity contribution in [2.24, 2.45) is 0 Å². The molecule has 1 aromatic carbocycles. The second-order valence-electron chi connectivity index (χ2n) is 6.56. The summed E-state index contributed by atoms with van der Waals surface area (Å²) in [5.74, 6) is -0.653. The van der Waals surface area contributed by atoms with Crippen molar-refractivity contribution in [3.8, 4) is 5.69 Å². The maximum Gasteiger partial charge on any atom is 0.340 e. The Bertz CT molecular complexity index is 965. The molecule has 2 heterocycles. The lowest BCUT2D eigenvalue weighted by atomic mass is 10.0. The molecular formula is C22H24N2O3. The van der Waals surface area contributed by atoms with Crippen molar-refractivity contribution in [2.75, 3.05) is 13.7 Å². The molecule has 0 bridgehead atoms. The smallest absolute Gasteiger partial charge is 0.340 e. The lowest BCUT2D eigenvalue weighted by Crippen LogP contribution is -2.24. The van der Waals surface area contributed by atoms with Crippen LogP contribution in [-0.2, 0) is 14.3 Å². The number of allylic oxidation sites excluding steroid dienone is 1. The van der Waals surface area contributed by atoms with Gasteiger partial charge in [0.1, 0.15) is 0 Å². The Labute approximate surface area is 159 Å². The third-order valence-corrected chi connectivity index (χ3v) is 5.00. The molecule has 0 aliphatic carbocycles. The molecular weight excluding hydrogens is 340 g/mol. The minimum atomic E-state index is -0.486. The largest absolute Gasteiger partial charge is 0.465 e. The number of rotatable bonds is 4. The van der Waals surface area contributed by atoms with Crippen LogP contribution in [0.15, 0.2) is 53.2 Å². The standard InChI is InChI=1S/C22H24N2O3/c1-6-23-16(4)20(22(26)27-5)19(21(23)25)13-17-12-14(2)24(15(17)3)18-10-8-7-9-11-18/h7-13H,6H2,1-5H3. The number of hydrogen-bond acceptors (Lipinski definition) is 3. The van der Waals surface area contributed by atoms with E-state index >= 15 is 0 Å². The topological polar surface area (TPSA) is 51.5 Å². The summed E-state index contributed by atoms with van der Waals surface area (Å²) in [6, 6.07) is 12.1. The van der Waals surface area contributed by atoms with Crippen LogP contribution in [0.25, 0.3) is 11.8 Å². The number of likely N-dealkylation sites (N-methyl/N-ethyl adjacent to an activating group) is 1. The van der Waals surface area contributed by atoms with E-state index in [4.69, 9.17) is 4.74 Å². The van der Waals surface area contributed by atoms with E-state index in [1.165, 1.54) is 7.11 Å². The normalized spacial score (nSPS) is 15.8. The fourth-order valence-corrected chi connectivity index (χ4v) is 3.67. The predicted octanol–water partition coefficient (Wildman–Crippen LogP) is 3.79. The summed E-state index contributed by atoms with van der Waals surface area (Å²) in [5.41, 5.74) is 5.40. The minimum Gasteiger partial charge on any atom is -0.465 e. The first-order valence-corrected chi connectivity index (χ1v) is 8.98. The molecule has 3 rings (SSSR count). The number of carbonyl (C=O) groups excluding carboxylic acids is 2. The maximum atomic E-state index is 12.9. The van der Waals surface area contributed by atoms with Gasteiger partial charge in [-0.25, -0.2) is 4.79 Å². The van der Waals surface area contributed by atoms with Crippen LogP contribution in [0.1, 0.15) is 30.8 Å². The number of nitrogens with zero attached hydrogens (tertiary/aromatic N) is 2. The van der Waals surface area contributed by atoms with Gasteiger partial charge in [0.05, 0.1) is 18.3 Å². The number of hydrogen-bond donors (Lipinski definition) is 0. The quantitative estimate of drug-likeness (QED) is 0.613. The Kier molecular flexibility index (Phi) is 5.04. The number of para-hydroxylation sites is 1. The van der Waals surface area contributed by atoms with E-state index in [1.54, 1.807) is 17.9 Å². The molecule has 0 atom stereocenters. The van der Waals surface area contributed by atoms with Gasteiger partial charge in [0.2, 0.25) is 0 Å². The van der Waals surface area contributed by atoms with E-state index in [-0.39, 0.29) is 5.91 Å². The monoisotopic (exact) mass is 364 g/mol. The van der Waals surface area contributed by atoms with E-state index in [2.05, 4.69) is 4.57 Å². The molecule has 0 saturated heterocycles. The van der Waals surface area contributed by atoms with Crippen LogP contribution in [0.2, 0.25) is 0 Å². The third-order valence-electron chi connectivity index (χ3n) is 5.00. The molecule has 1 aliphatic heterocycles. The van der Waals surface area contributed by atoms with Gasteiger partial charge in [-0.15, -0.1) is 0 Å². The number of amides is 1. The predicted molar refractivity (Wildman–Crippen MR) is 105 cm³/mol. The summed E-state index contributed by atoms with van der Waals surface area (Å²) >= 11 is 0. The molecule has 27 heavy (non-hydrogen) atoms. The van der Waals surface area contributed by atoms with E-state index in [0.717, 1.165) is 22.6 Å². The summed E-state index contributed by atoms with van der Waals surface area (Å²) in [6.07, 6.45) is 1.80. The number of ether oxygens (including phenoxy) is 1. The molecule has 0 N–H and O–H groups in total. The van der Waals surface area contributed by atoms with Crippen LogP contribution in [0.4, 0.5) is 0 Å². The SMILES string of the molecule is CCN1C(=O)C(=Cc2cc(C)n(-c3ccccc3)c2C)C(C(=O)OC)=C1C. The highest BCUT2D eigenvalue weighted by Gasteiger charge is 2.36. The Morgan fingerprint density at radius 1 is 1.15 bits per heavy atom. The van der Waals surface area contributed by atoms with Gasteiger partial charge >= 0.3 is 5.97 Å². The fraction of sp³-hybridized carbons (Fsp3) is 0.273. The molecule has 0 unspecified atom stereocenters. The summed E-state index contributed by atoms with van der Waals surface area (Å²) in [4.78, 5) is 26.8. The number of carbonyl (C=O) groups is 2. The van der Waals surface area contributed by atoms with Gasteiger partial charge in [0, 0.05) is 29.3 Å². The molecule has 5 heteroatoms. The lowest BCUT2D eigenvalue weighted by molar-refractivity contribution is -0.136. The van der Waals surface area contributed by atoms with Gasteiger partial charge in [-0.3, -0.25) is 4.79 Å². The van der Waals surface area contributed by atoms with Gasteiger partial charge in [0.25, 0.3) is 5.91 Å². The zero-order valence-electron chi connectivity index (χ0n) is 16.4. The van der Waals surface area contributed by atoms with Crippen LogP contribution in [0.3, 0.4) is 0 Å². The van der Waals surface area contributed by atoms with Crippen LogP contribution < -0.4 is 0 Å². The summed E-state index contributed by atoms with van der Waals surface area (Å²) in [5, 5.41) is 0. The first kappa shape index (κ1) is 18.7. The van der Waals surface area contributed by atoms with Crippen LogP contribution >= 0.6 is 0 Å². The number of aromatic nitrogens is 1. The van der Waals surface area contributed by atoms with Crippen molar-refractivity contribution in [1.82, 2.24) is 9.47 Å². The molecule has 1 aromatic heterocycles. The fourth-order valence-electron chi connectivity index (χ4n) is 3.67. The van der Waals surface area contributed by atoms with Crippen molar-refractivity contribution in [2.45, 2.75) is 27.7 Å². The first-order chi connectivity index (χ1) is 12.9. The highest BCUT2D eigenvalue weighted by molar-refractivity contribution is 6.16. The van der Waals surface area contributed by atoms with E-state index in [9.17, 15) is 9.59 Å². The Morgan fingerprint density at radius 2 is 1.81 bits per heavy atom. The van der Waals surface area contributed by atoms with Gasteiger partial charge in [-0.1, -0.05) is 18.2 Å². The van der Waals surface area contributed by atoms with E-state index in [1.807, 2.05) is 57.2 Å². The molecule has 5 nitrogen and oxygen atoms in total. The second kappa shape index (κ2) is 7.27. The maximum absolute atomic E-state index is 12.9. The van der Waals surface area contributed by atoms with Crippen molar-refractivity contribution in [3.63, 3.8) is 0 Å². The average Bonchev–Trinajstić information content (AvgIpc) is 3.07. The molecule has 0 radical (unpaired) electrons. The molecule has 0 spiro atoms. The van der Waals surface area contributed by atoms with Crippen molar-refractivity contribution in [1.29, 1.82) is 0 Å². The third kappa shape index (κ3) is 3.10. The minimum absolute atomic E-state index is 0.167. The summed E-state index contributed by atoms with van der Waals surface area (Å²) in [7, 11) is 1.33. The highest BCUT2D eigenvalue weighted by atomic mass is 16.5. The number of methoxy groups -OCH3 is 1. The highest BCUT2D eigenvalue weighted by Crippen LogP contribution is 2.32. The number of aryl methyl sites for hydroxylation is 1. The lowest BCUT2D eigenvalue weighted by Gasteiger charge is -2.14. The van der Waals surface area contributed by atoms with Crippen molar-refractivity contribution < 1.29 is 14.3 Å². The Balaban J connectivity index is 2.14. The zero-order valence-corrected chi connectivity index (χ0v) is 16.4. The second-order valence-corrected chi connectivity index (χ2v) is 6.56. The molecule has 0 fully saturated rings. The average molecular weight is 364 g/mol. The van der Waals surface area contributed by atoms with Gasteiger partial charge < -0.3 is 14.2 Å². The zero-order chi connectivity index (χ0) is 19.7. The number of esters is 1. The number of benzene rings is 1. The summed E-state index contributed by atoms with van der Waals surface area (Å²) < 4.78 is 7.06. The molecule has 0 saturated carbocycles. The van der Waals surface area contributed by atoms with Crippen LogP contribution in [0.5, 0.6) is 0 Å². The first-order valence-electron chi connectivity index (χ1n) is 8.98. The van der Waals surface area contributed by atoms with Crippen molar-refractivity contribution >= 4 is 18.0 Å². The molecule has 2 aromatic rings. The van der Waals surface area contributed by atoms with Gasteiger partial charge in [-0.05, 0) is 57.5 Å².